The Morgan fingerprint density at radius 1 is 1.36 bits per heavy atom. The Balaban J connectivity index is 2.18. The minimum atomic E-state index is -3.26. The molecule has 0 spiro atoms. The van der Waals surface area contributed by atoms with Gasteiger partial charge in [0.2, 0.25) is 5.88 Å². The van der Waals surface area contributed by atoms with Gasteiger partial charge in [0, 0.05) is 18.5 Å². The molecule has 0 aliphatic heterocycles. The molecule has 0 radical (unpaired) electrons. The summed E-state index contributed by atoms with van der Waals surface area (Å²) in [6.07, 6.45) is 9.42. The fourth-order valence-electron chi connectivity index (χ4n) is 2.34. The van der Waals surface area contributed by atoms with Gasteiger partial charge in [0.1, 0.15) is 5.69 Å². The van der Waals surface area contributed by atoms with Crippen LogP contribution in [-0.2, 0) is 16.4 Å². The van der Waals surface area contributed by atoms with Crippen molar-refractivity contribution in [3.63, 3.8) is 0 Å². The number of carbonyl (C=O) groups excluding carboxylic acids is 1. The Bertz CT molecular complexity index is 1040. The summed E-state index contributed by atoms with van der Waals surface area (Å²) in [6.45, 7) is 2.34. The molecule has 2 aromatic rings. The van der Waals surface area contributed by atoms with Crippen LogP contribution >= 0.6 is 0 Å². The van der Waals surface area contributed by atoms with E-state index in [1.54, 1.807) is 25.1 Å². The number of allylic oxidation sites excluding steroid dienone is 1. The minimum absolute atomic E-state index is 0.103. The number of nitrogen functional groups attached to an aromatic ring is 1. The van der Waals surface area contributed by atoms with Gasteiger partial charge in [-0.3, -0.25) is 4.79 Å². The van der Waals surface area contributed by atoms with Crippen molar-refractivity contribution >= 4 is 27.5 Å². The van der Waals surface area contributed by atoms with Crippen LogP contribution in [-0.4, -0.2) is 32.2 Å². The Hall–Kier alpha value is -3.31. The second kappa shape index (κ2) is 9.06. The van der Waals surface area contributed by atoms with Gasteiger partial charge in [0.25, 0.3) is 5.91 Å². The van der Waals surface area contributed by atoms with E-state index in [4.69, 9.17) is 16.9 Å². The molecule has 146 valence electrons. The third-order valence-corrected chi connectivity index (χ3v) is 4.85. The van der Waals surface area contributed by atoms with Crippen molar-refractivity contribution in [2.45, 2.75) is 18.4 Å². The van der Waals surface area contributed by atoms with E-state index in [0.717, 1.165) is 11.8 Å². The number of ether oxygens (including phenoxy) is 1. The number of terminal acetylenes is 1. The van der Waals surface area contributed by atoms with E-state index in [1.807, 2.05) is 0 Å². The number of sulfone groups is 1. The molecule has 1 amide bonds. The van der Waals surface area contributed by atoms with Crippen LogP contribution in [0.15, 0.2) is 41.3 Å². The van der Waals surface area contributed by atoms with Crippen LogP contribution in [0.5, 0.6) is 5.88 Å². The van der Waals surface area contributed by atoms with Crippen LogP contribution in [0.2, 0.25) is 0 Å². The summed E-state index contributed by atoms with van der Waals surface area (Å²) < 4.78 is 28.4. The van der Waals surface area contributed by atoms with Crippen molar-refractivity contribution in [1.82, 2.24) is 10.3 Å². The molecular weight excluding hydrogens is 378 g/mol. The van der Waals surface area contributed by atoms with Gasteiger partial charge in [-0.2, -0.15) is 0 Å². The Labute approximate surface area is 164 Å². The number of benzene rings is 1. The number of nitrogens with two attached hydrogens (primary N) is 1. The van der Waals surface area contributed by atoms with Crippen molar-refractivity contribution in [2.75, 3.05) is 18.6 Å². The first-order chi connectivity index (χ1) is 13.3. The highest BCUT2D eigenvalue weighted by atomic mass is 32.2. The highest BCUT2D eigenvalue weighted by molar-refractivity contribution is 7.90. The first-order valence-electron chi connectivity index (χ1n) is 8.39. The number of nitrogens with zero attached hydrogens (tertiary/aromatic N) is 1. The van der Waals surface area contributed by atoms with Crippen molar-refractivity contribution in [3.05, 3.63) is 53.2 Å². The molecule has 0 saturated carbocycles. The van der Waals surface area contributed by atoms with Crippen LogP contribution in [0.25, 0.3) is 6.08 Å². The summed E-state index contributed by atoms with van der Waals surface area (Å²) in [5, 5.41) is 2.72. The summed E-state index contributed by atoms with van der Waals surface area (Å²) in [7, 11) is -3.26. The maximum atomic E-state index is 12.4. The zero-order valence-electron chi connectivity index (χ0n) is 15.6. The highest BCUT2D eigenvalue weighted by Gasteiger charge is 2.15. The molecule has 0 aliphatic carbocycles. The van der Waals surface area contributed by atoms with Crippen LogP contribution in [0.4, 0.5) is 5.69 Å². The van der Waals surface area contributed by atoms with Crippen LogP contribution in [0, 0.1) is 12.3 Å². The second-order valence-electron chi connectivity index (χ2n) is 5.85. The van der Waals surface area contributed by atoms with E-state index in [9.17, 15) is 13.2 Å². The van der Waals surface area contributed by atoms with Crippen LogP contribution in [0.1, 0.15) is 28.5 Å². The van der Waals surface area contributed by atoms with Crippen LogP contribution < -0.4 is 15.8 Å². The topological polar surface area (TPSA) is 111 Å². The van der Waals surface area contributed by atoms with E-state index in [1.165, 1.54) is 24.3 Å². The first kappa shape index (κ1) is 21.0. The van der Waals surface area contributed by atoms with Gasteiger partial charge in [-0.05, 0) is 42.8 Å². The van der Waals surface area contributed by atoms with E-state index < -0.39 is 15.7 Å². The minimum Gasteiger partial charge on any atom is -0.477 e. The average molecular weight is 399 g/mol. The Kier molecular flexibility index (Phi) is 6.79. The first-order valence-corrected chi connectivity index (χ1v) is 10.3. The monoisotopic (exact) mass is 399 g/mol. The average Bonchev–Trinajstić information content (AvgIpc) is 2.65. The standard InChI is InChI=1S/C20H21N3O4S/c1-4-6-7-16-17(21)12-18(23-20(16)27-5-2)19(24)22-13-14-8-10-15(11-9-14)28(3,25)26/h1,6-12H,5,13H2,2-3H3,(H2,21,23)(H,22,24). The van der Waals surface area contributed by atoms with Gasteiger partial charge in [-0.15, -0.1) is 6.42 Å². The van der Waals surface area contributed by atoms with Crippen molar-refractivity contribution < 1.29 is 17.9 Å². The number of aromatic nitrogens is 1. The van der Waals surface area contributed by atoms with E-state index in [0.29, 0.717) is 17.9 Å². The molecule has 0 bridgehead atoms. The highest BCUT2D eigenvalue weighted by Crippen LogP contribution is 2.25. The zero-order chi connectivity index (χ0) is 20.7. The molecule has 3 N–H and O–H groups in total. The number of anilines is 1. The molecule has 0 saturated heterocycles. The number of amides is 1. The third kappa shape index (κ3) is 5.34. The molecule has 1 aromatic carbocycles. The molecule has 0 unspecified atom stereocenters. The van der Waals surface area contributed by atoms with Crippen molar-refractivity contribution in [1.29, 1.82) is 0 Å². The predicted molar refractivity (Wildman–Crippen MR) is 108 cm³/mol. The molecular formula is C20H21N3O4S. The fourth-order valence-corrected chi connectivity index (χ4v) is 2.97. The quantitative estimate of drug-likeness (QED) is 0.689. The summed E-state index contributed by atoms with van der Waals surface area (Å²) in [6, 6.07) is 7.70. The van der Waals surface area contributed by atoms with Crippen molar-refractivity contribution in [2.24, 2.45) is 0 Å². The third-order valence-electron chi connectivity index (χ3n) is 3.72. The summed E-state index contributed by atoms with van der Waals surface area (Å²) in [5.74, 6) is 2.15. The predicted octanol–water partition coefficient (Wildman–Crippen LogP) is 2.04. The van der Waals surface area contributed by atoms with E-state index >= 15 is 0 Å². The maximum Gasteiger partial charge on any atom is 0.270 e. The van der Waals surface area contributed by atoms with Gasteiger partial charge in [0.15, 0.2) is 9.84 Å². The molecule has 8 heteroatoms. The summed E-state index contributed by atoms with van der Waals surface area (Å²) in [4.78, 5) is 16.9. The lowest BCUT2D eigenvalue weighted by Crippen LogP contribution is -2.24. The van der Waals surface area contributed by atoms with Gasteiger partial charge < -0.3 is 15.8 Å². The Morgan fingerprint density at radius 3 is 2.61 bits per heavy atom. The molecule has 0 atom stereocenters. The maximum absolute atomic E-state index is 12.4. The molecule has 1 aromatic heterocycles. The SMILES string of the molecule is C#CC=Cc1c(N)cc(C(=O)NCc2ccc(S(C)(=O)=O)cc2)nc1OCC. The number of hydrogen-bond donors (Lipinski definition) is 2. The van der Waals surface area contributed by atoms with Crippen molar-refractivity contribution in [3.8, 4) is 18.2 Å². The molecule has 28 heavy (non-hydrogen) atoms. The van der Waals surface area contributed by atoms with E-state index in [2.05, 4.69) is 16.2 Å². The molecule has 2 rings (SSSR count). The number of carbonyl (C=O) groups is 1. The van der Waals surface area contributed by atoms with Crippen LogP contribution in [0.3, 0.4) is 0 Å². The summed E-state index contributed by atoms with van der Waals surface area (Å²) >= 11 is 0. The molecule has 7 nitrogen and oxygen atoms in total. The molecule has 0 aliphatic rings. The normalized spacial score (nSPS) is 11.2. The largest absolute Gasteiger partial charge is 0.477 e. The van der Waals surface area contributed by atoms with Gasteiger partial charge in [-0.1, -0.05) is 18.1 Å². The second-order valence-corrected chi connectivity index (χ2v) is 7.86. The lowest BCUT2D eigenvalue weighted by atomic mass is 10.1. The number of hydrogen-bond acceptors (Lipinski definition) is 6. The lowest BCUT2D eigenvalue weighted by Gasteiger charge is -2.12. The number of rotatable bonds is 7. The molecule has 1 heterocycles. The smallest absolute Gasteiger partial charge is 0.270 e. The lowest BCUT2D eigenvalue weighted by molar-refractivity contribution is 0.0945. The van der Waals surface area contributed by atoms with Gasteiger partial charge in [-0.25, -0.2) is 13.4 Å². The Morgan fingerprint density at radius 2 is 2.04 bits per heavy atom. The fraction of sp³-hybridized carbons (Fsp3) is 0.200. The van der Waals surface area contributed by atoms with E-state index in [-0.39, 0.29) is 23.0 Å². The number of nitrogens with one attached hydrogen (secondary N) is 1. The van der Waals surface area contributed by atoms with Gasteiger partial charge in [0.05, 0.1) is 17.1 Å². The van der Waals surface area contributed by atoms with Gasteiger partial charge >= 0.3 is 0 Å². The zero-order valence-corrected chi connectivity index (χ0v) is 16.4. The molecule has 0 fully saturated rings. The number of pyridine rings is 1. The summed E-state index contributed by atoms with van der Waals surface area (Å²) in [5.41, 5.74) is 7.68.